The zero-order chi connectivity index (χ0) is 22.9. The summed E-state index contributed by atoms with van der Waals surface area (Å²) in [6.45, 7) is 0.755. The largest absolute Gasteiger partial charge is 0.385 e. The van der Waals surface area contributed by atoms with Gasteiger partial charge in [-0.1, -0.05) is 60.7 Å². The third-order valence-electron chi connectivity index (χ3n) is 4.88. The van der Waals surface area contributed by atoms with Gasteiger partial charge in [-0.3, -0.25) is 19.1 Å². The SMILES string of the molecule is COCCCN(C(=O)/C=C/c1ccccc1)c1c(N)n(Cc2ccccc2)c(=O)[nH]c1=O. The first-order chi connectivity index (χ1) is 15.5. The fourth-order valence-corrected chi connectivity index (χ4v) is 3.28. The highest BCUT2D eigenvalue weighted by atomic mass is 16.5. The lowest BCUT2D eigenvalue weighted by molar-refractivity contribution is -0.114. The second-order valence-electron chi connectivity index (χ2n) is 7.15. The number of hydrogen-bond donors (Lipinski definition) is 2. The third-order valence-corrected chi connectivity index (χ3v) is 4.88. The average Bonchev–Trinajstić information content (AvgIpc) is 2.80. The van der Waals surface area contributed by atoms with Crippen molar-refractivity contribution in [1.82, 2.24) is 9.55 Å². The summed E-state index contributed by atoms with van der Waals surface area (Å²) in [7, 11) is 1.56. The van der Waals surface area contributed by atoms with Crippen LogP contribution in [0.5, 0.6) is 0 Å². The molecule has 8 heteroatoms. The van der Waals surface area contributed by atoms with Crippen LogP contribution in [-0.4, -0.2) is 35.7 Å². The first kappa shape index (κ1) is 22.8. The highest BCUT2D eigenvalue weighted by Crippen LogP contribution is 2.19. The van der Waals surface area contributed by atoms with Crippen LogP contribution in [0.2, 0.25) is 0 Å². The molecule has 1 heterocycles. The van der Waals surface area contributed by atoms with Gasteiger partial charge in [0.05, 0.1) is 6.54 Å². The lowest BCUT2D eigenvalue weighted by atomic mass is 10.2. The Morgan fingerprint density at radius 1 is 1.09 bits per heavy atom. The Morgan fingerprint density at radius 2 is 1.75 bits per heavy atom. The molecule has 32 heavy (non-hydrogen) atoms. The van der Waals surface area contributed by atoms with Gasteiger partial charge >= 0.3 is 5.69 Å². The predicted molar refractivity (Wildman–Crippen MR) is 126 cm³/mol. The number of hydrogen-bond acceptors (Lipinski definition) is 5. The van der Waals surface area contributed by atoms with Crippen LogP contribution in [0.3, 0.4) is 0 Å². The van der Waals surface area contributed by atoms with E-state index >= 15 is 0 Å². The van der Waals surface area contributed by atoms with E-state index in [0.29, 0.717) is 13.0 Å². The molecule has 3 N–H and O–H groups in total. The van der Waals surface area contributed by atoms with Crippen molar-refractivity contribution in [2.24, 2.45) is 0 Å². The molecule has 0 bridgehead atoms. The van der Waals surface area contributed by atoms with Gasteiger partial charge < -0.3 is 15.4 Å². The van der Waals surface area contributed by atoms with E-state index < -0.39 is 17.2 Å². The van der Waals surface area contributed by atoms with Gasteiger partial charge in [0.1, 0.15) is 5.82 Å². The fourth-order valence-electron chi connectivity index (χ4n) is 3.28. The lowest BCUT2D eigenvalue weighted by Gasteiger charge is -2.23. The molecule has 0 radical (unpaired) electrons. The quantitative estimate of drug-likeness (QED) is 0.396. The maximum absolute atomic E-state index is 13.1. The normalized spacial score (nSPS) is 11.0. The first-order valence-corrected chi connectivity index (χ1v) is 10.2. The Labute approximate surface area is 185 Å². The minimum Gasteiger partial charge on any atom is -0.385 e. The van der Waals surface area contributed by atoms with Gasteiger partial charge in [0.2, 0.25) is 0 Å². The minimum atomic E-state index is -0.712. The van der Waals surface area contributed by atoms with E-state index in [1.807, 2.05) is 60.7 Å². The summed E-state index contributed by atoms with van der Waals surface area (Å²) < 4.78 is 6.34. The molecule has 8 nitrogen and oxygen atoms in total. The molecule has 0 saturated heterocycles. The molecular formula is C24H26N4O4. The van der Waals surface area contributed by atoms with Gasteiger partial charge in [-0.05, 0) is 23.6 Å². The molecule has 0 spiro atoms. The summed E-state index contributed by atoms with van der Waals surface area (Å²) in [6, 6.07) is 18.6. The highest BCUT2D eigenvalue weighted by molar-refractivity contribution is 6.05. The standard InChI is InChI=1S/C24H26N4O4/c1-32-16-8-15-27(20(29)14-13-18-9-4-2-5-10-18)21-22(25)28(24(31)26-23(21)30)17-19-11-6-3-7-12-19/h2-7,9-14H,8,15-17,25H2,1H3,(H,26,30,31)/b14-13+. The van der Waals surface area contributed by atoms with Crippen LogP contribution in [0.25, 0.3) is 6.08 Å². The molecule has 0 unspecified atom stereocenters. The van der Waals surface area contributed by atoms with Crippen molar-refractivity contribution in [3.8, 4) is 0 Å². The molecule has 2 aromatic carbocycles. The Kier molecular flexibility index (Phi) is 7.77. The minimum absolute atomic E-state index is 0.0562. The summed E-state index contributed by atoms with van der Waals surface area (Å²) in [5.41, 5.74) is 6.55. The number of aromatic amines is 1. The molecule has 3 rings (SSSR count). The number of nitrogens with one attached hydrogen (secondary N) is 1. The molecule has 0 aliphatic rings. The molecular weight excluding hydrogens is 408 g/mol. The summed E-state index contributed by atoms with van der Waals surface area (Å²) >= 11 is 0. The van der Waals surface area contributed by atoms with Gasteiger partial charge in [-0.15, -0.1) is 0 Å². The number of H-pyrrole nitrogens is 1. The van der Waals surface area contributed by atoms with E-state index in [4.69, 9.17) is 10.5 Å². The zero-order valence-corrected chi connectivity index (χ0v) is 17.9. The molecule has 166 valence electrons. The Morgan fingerprint density at radius 3 is 2.41 bits per heavy atom. The topological polar surface area (TPSA) is 110 Å². The van der Waals surface area contributed by atoms with Crippen molar-refractivity contribution in [3.05, 3.63) is 98.7 Å². The fraction of sp³-hybridized carbons (Fsp3) is 0.208. The number of nitrogen functional groups attached to an aromatic ring is 1. The van der Waals surface area contributed by atoms with Crippen LogP contribution in [0.15, 0.2) is 76.3 Å². The molecule has 0 atom stereocenters. The number of amides is 1. The molecule has 0 aliphatic heterocycles. The number of aromatic nitrogens is 2. The number of carbonyl (C=O) groups excluding carboxylic acids is 1. The van der Waals surface area contributed by atoms with Crippen molar-refractivity contribution >= 4 is 23.5 Å². The number of carbonyl (C=O) groups is 1. The smallest absolute Gasteiger partial charge is 0.330 e. The van der Waals surface area contributed by atoms with Crippen molar-refractivity contribution in [2.75, 3.05) is 30.9 Å². The van der Waals surface area contributed by atoms with E-state index in [1.54, 1.807) is 13.2 Å². The number of anilines is 2. The van der Waals surface area contributed by atoms with Gasteiger partial charge in [-0.2, -0.15) is 0 Å². The van der Waals surface area contributed by atoms with E-state index in [1.165, 1.54) is 15.5 Å². The number of nitrogens with zero attached hydrogens (tertiary/aromatic N) is 2. The second kappa shape index (κ2) is 10.9. The predicted octanol–water partition coefficient (Wildman–Crippen LogP) is 2.25. The second-order valence-corrected chi connectivity index (χ2v) is 7.15. The van der Waals surface area contributed by atoms with Crippen LogP contribution in [0.1, 0.15) is 17.5 Å². The number of rotatable bonds is 9. The molecule has 1 aromatic heterocycles. The lowest BCUT2D eigenvalue weighted by Crippen LogP contribution is -2.41. The number of ether oxygens (including phenoxy) is 1. The van der Waals surface area contributed by atoms with E-state index in [-0.39, 0.29) is 24.6 Å². The molecule has 3 aromatic rings. The van der Waals surface area contributed by atoms with Crippen molar-refractivity contribution in [3.63, 3.8) is 0 Å². The van der Waals surface area contributed by atoms with Crippen LogP contribution in [-0.2, 0) is 16.1 Å². The van der Waals surface area contributed by atoms with E-state index in [2.05, 4.69) is 4.98 Å². The van der Waals surface area contributed by atoms with Crippen molar-refractivity contribution < 1.29 is 9.53 Å². The highest BCUT2D eigenvalue weighted by Gasteiger charge is 2.22. The van der Waals surface area contributed by atoms with E-state index in [9.17, 15) is 14.4 Å². The Balaban J connectivity index is 2.00. The molecule has 0 saturated carbocycles. The maximum atomic E-state index is 13.1. The van der Waals surface area contributed by atoms with Crippen LogP contribution < -0.4 is 21.9 Å². The summed E-state index contributed by atoms with van der Waals surface area (Å²) in [5, 5.41) is 0. The summed E-state index contributed by atoms with van der Waals surface area (Å²) in [5.74, 6) is -0.492. The molecule has 0 fully saturated rings. The van der Waals surface area contributed by atoms with Crippen LogP contribution in [0.4, 0.5) is 11.5 Å². The monoisotopic (exact) mass is 434 g/mol. The van der Waals surface area contributed by atoms with Gasteiger partial charge in [0.25, 0.3) is 11.5 Å². The van der Waals surface area contributed by atoms with Crippen LogP contribution in [0, 0.1) is 0 Å². The van der Waals surface area contributed by atoms with Gasteiger partial charge in [0.15, 0.2) is 5.69 Å². The Hall–Kier alpha value is -3.91. The number of benzene rings is 2. The average molecular weight is 434 g/mol. The third kappa shape index (κ3) is 5.61. The summed E-state index contributed by atoms with van der Waals surface area (Å²) in [6.07, 6.45) is 3.53. The number of methoxy groups -OCH3 is 1. The van der Waals surface area contributed by atoms with Gasteiger partial charge in [-0.25, -0.2) is 4.79 Å². The summed E-state index contributed by atoms with van der Waals surface area (Å²) in [4.78, 5) is 41.8. The first-order valence-electron chi connectivity index (χ1n) is 10.2. The molecule has 1 amide bonds. The molecule has 0 aliphatic carbocycles. The van der Waals surface area contributed by atoms with Gasteiger partial charge in [0, 0.05) is 26.3 Å². The number of nitrogens with two attached hydrogens (primary N) is 1. The van der Waals surface area contributed by atoms with Crippen molar-refractivity contribution in [1.29, 1.82) is 0 Å². The van der Waals surface area contributed by atoms with E-state index in [0.717, 1.165) is 11.1 Å². The maximum Gasteiger partial charge on any atom is 0.330 e. The Bertz CT molecular complexity index is 1180. The van der Waals surface area contributed by atoms with Crippen molar-refractivity contribution in [2.45, 2.75) is 13.0 Å². The van der Waals surface area contributed by atoms with Crippen LogP contribution >= 0.6 is 0 Å². The zero-order valence-electron chi connectivity index (χ0n) is 17.9.